The van der Waals surface area contributed by atoms with Crippen molar-refractivity contribution in [1.82, 2.24) is 15.2 Å². The first-order valence-corrected chi connectivity index (χ1v) is 5.19. The number of nitrogens with zero attached hydrogens (tertiary/aromatic N) is 3. The van der Waals surface area contributed by atoms with Crippen LogP contribution in [0.3, 0.4) is 0 Å². The van der Waals surface area contributed by atoms with Crippen molar-refractivity contribution >= 4 is 16.5 Å². The molecular weight excluding hydrogens is 212 g/mol. The molecule has 0 atom stereocenters. The lowest BCUT2D eigenvalue weighted by atomic mass is 10.3. The molecule has 78 valence electrons. The van der Waals surface area contributed by atoms with E-state index in [-0.39, 0.29) is 0 Å². The van der Waals surface area contributed by atoms with Crippen molar-refractivity contribution in [2.75, 3.05) is 5.73 Å². The summed E-state index contributed by atoms with van der Waals surface area (Å²) in [5, 5.41) is 8.26. The molecule has 0 aromatic carbocycles. The van der Waals surface area contributed by atoms with Crippen molar-refractivity contribution in [2.24, 2.45) is 0 Å². The van der Waals surface area contributed by atoms with Crippen LogP contribution in [0.2, 0.25) is 0 Å². The highest BCUT2D eigenvalue weighted by Gasteiger charge is 2.02. The minimum Gasteiger partial charge on any atom is -0.462 e. The van der Waals surface area contributed by atoms with Crippen molar-refractivity contribution < 1.29 is 4.74 Å². The quantitative estimate of drug-likeness (QED) is 0.849. The third-order valence-electron chi connectivity index (χ3n) is 1.74. The van der Waals surface area contributed by atoms with Crippen LogP contribution in [0.1, 0.15) is 11.3 Å². The van der Waals surface area contributed by atoms with Crippen LogP contribution in [0.15, 0.2) is 18.3 Å². The lowest BCUT2D eigenvalue weighted by Crippen LogP contribution is -1.97. The lowest BCUT2D eigenvalue weighted by molar-refractivity contribution is 0.297. The number of hydrogen-bond donors (Lipinski definition) is 1. The fraction of sp³-hybridized carbons (Fsp3) is 0.222. The number of anilines is 1. The van der Waals surface area contributed by atoms with Crippen LogP contribution in [0, 0.1) is 6.92 Å². The summed E-state index contributed by atoms with van der Waals surface area (Å²) < 4.78 is 5.36. The van der Waals surface area contributed by atoms with Gasteiger partial charge in [0, 0.05) is 6.20 Å². The van der Waals surface area contributed by atoms with Crippen molar-refractivity contribution in [3.63, 3.8) is 0 Å². The second-order valence-electron chi connectivity index (χ2n) is 3.02. The Kier molecular flexibility index (Phi) is 2.77. The summed E-state index contributed by atoms with van der Waals surface area (Å²) in [6, 6.07) is 3.90. The molecule has 6 heteroatoms. The van der Waals surface area contributed by atoms with E-state index >= 15 is 0 Å². The summed E-state index contributed by atoms with van der Waals surface area (Å²) in [4.78, 5) is 4.20. The first-order chi connectivity index (χ1) is 7.24. The molecule has 2 heterocycles. The maximum atomic E-state index is 5.42. The predicted octanol–water partition coefficient (Wildman–Crippen LogP) is 1.40. The van der Waals surface area contributed by atoms with E-state index < -0.39 is 0 Å². The molecule has 0 spiro atoms. The monoisotopic (exact) mass is 222 g/mol. The Morgan fingerprint density at radius 1 is 1.40 bits per heavy atom. The summed E-state index contributed by atoms with van der Waals surface area (Å²) in [6.45, 7) is 2.37. The van der Waals surface area contributed by atoms with Gasteiger partial charge in [0.1, 0.15) is 6.61 Å². The average molecular weight is 222 g/mol. The molecule has 0 aliphatic rings. The normalized spacial score (nSPS) is 10.2. The Morgan fingerprint density at radius 2 is 2.27 bits per heavy atom. The number of ether oxygens (including phenoxy) is 1. The second-order valence-corrected chi connectivity index (χ2v) is 3.99. The molecule has 2 aromatic rings. The number of hydrogen-bond acceptors (Lipinski definition) is 6. The zero-order valence-corrected chi connectivity index (χ0v) is 8.99. The van der Waals surface area contributed by atoms with Crippen LogP contribution >= 0.6 is 11.3 Å². The largest absolute Gasteiger partial charge is 0.462 e. The van der Waals surface area contributed by atoms with Crippen LogP contribution in [0.25, 0.3) is 0 Å². The number of nitrogens with two attached hydrogens (primary N) is 1. The summed E-state index contributed by atoms with van der Waals surface area (Å²) >= 11 is 1.22. The first-order valence-electron chi connectivity index (χ1n) is 4.37. The molecule has 0 aliphatic carbocycles. The van der Waals surface area contributed by atoms with E-state index in [1.165, 1.54) is 11.3 Å². The van der Waals surface area contributed by atoms with Crippen molar-refractivity contribution in [1.29, 1.82) is 0 Å². The Morgan fingerprint density at radius 3 is 2.87 bits per heavy atom. The van der Waals surface area contributed by atoms with Gasteiger partial charge in [0.25, 0.3) is 5.19 Å². The Bertz CT molecular complexity index is 440. The van der Waals surface area contributed by atoms with Gasteiger partial charge in [0.2, 0.25) is 5.13 Å². The molecule has 0 unspecified atom stereocenters. The predicted molar refractivity (Wildman–Crippen MR) is 57.6 cm³/mol. The molecule has 0 aliphatic heterocycles. The van der Waals surface area contributed by atoms with E-state index in [4.69, 9.17) is 10.5 Å². The standard InChI is InChI=1S/C9H10N4OS/c1-6-2-3-7(11-4-6)5-14-9-13-12-8(10)15-9/h2-4H,5H2,1H3,(H2,10,12). The molecular formula is C9H10N4OS. The first kappa shape index (κ1) is 9.85. The molecule has 0 saturated heterocycles. The van der Waals surface area contributed by atoms with E-state index in [0.717, 1.165) is 11.3 Å². The second kappa shape index (κ2) is 4.22. The van der Waals surface area contributed by atoms with Gasteiger partial charge >= 0.3 is 0 Å². The molecule has 2 N–H and O–H groups in total. The summed E-state index contributed by atoms with van der Waals surface area (Å²) in [7, 11) is 0. The molecule has 0 bridgehead atoms. The van der Waals surface area contributed by atoms with Gasteiger partial charge in [-0.05, 0) is 29.9 Å². The van der Waals surface area contributed by atoms with E-state index in [0.29, 0.717) is 16.9 Å². The Labute approximate surface area is 90.9 Å². The van der Waals surface area contributed by atoms with Crippen LogP contribution in [-0.4, -0.2) is 15.2 Å². The Hall–Kier alpha value is -1.69. The molecule has 0 radical (unpaired) electrons. The SMILES string of the molecule is Cc1ccc(COc2nnc(N)s2)nc1. The van der Waals surface area contributed by atoms with Crippen LogP contribution in [-0.2, 0) is 6.61 Å². The van der Waals surface area contributed by atoms with Gasteiger partial charge in [-0.15, -0.1) is 5.10 Å². The van der Waals surface area contributed by atoms with Crippen LogP contribution in [0.5, 0.6) is 5.19 Å². The van der Waals surface area contributed by atoms with E-state index in [2.05, 4.69) is 15.2 Å². The fourth-order valence-corrected chi connectivity index (χ4v) is 1.46. The van der Waals surface area contributed by atoms with Gasteiger partial charge in [-0.25, -0.2) is 0 Å². The topological polar surface area (TPSA) is 73.9 Å². The van der Waals surface area contributed by atoms with Gasteiger partial charge in [0.05, 0.1) is 5.69 Å². The molecule has 15 heavy (non-hydrogen) atoms. The average Bonchev–Trinajstić information content (AvgIpc) is 2.64. The van der Waals surface area contributed by atoms with Crippen molar-refractivity contribution in [2.45, 2.75) is 13.5 Å². The highest BCUT2D eigenvalue weighted by molar-refractivity contribution is 7.16. The zero-order chi connectivity index (χ0) is 10.7. The molecule has 2 aromatic heterocycles. The number of pyridine rings is 1. The van der Waals surface area contributed by atoms with Crippen molar-refractivity contribution in [3.8, 4) is 5.19 Å². The van der Waals surface area contributed by atoms with E-state index in [9.17, 15) is 0 Å². The smallest absolute Gasteiger partial charge is 0.296 e. The van der Waals surface area contributed by atoms with Crippen LogP contribution in [0.4, 0.5) is 5.13 Å². The summed E-state index contributed by atoms with van der Waals surface area (Å²) in [5.41, 5.74) is 7.40. The number of aryl methyl sites for hydroxylation is 1. The molecule has 0 amide bonds. The van der Waals surface area contributed by atoms with Crippen LogP contribution < -0.4 is 10.5 Å². The van der Waals surface area contributed by atoms with E-state index in [1.54, 1.807) is 6.20 Å². The van der Waals surface area contributed by atoms with Gasteiger partial charge in [0.15, 0.2) is 0 Å². The van der Waals surface area contributed by atoms with Gasteiger partial charge in [-0.3, -0.25) is 4.98 Å². The Balaban J connectivity index is 1.96. The maximum Gasteiger partial charge on any atom is 0.296 e. The molecule has 5 nitrogen and oxygen atoms in total. The van der Waals surface area contributed by atoms with Gasteiger partial charge in [-0.2, -0.15) is 0 Å². The molecule has 0 fully saturated rings. The maximum absolute atomic E-state index is 5.42. The van der Waals surface area contributed by atoms with E-state index in [1.807, 2.05) is 19.1 Å². The summed E-state index contributed by atoms with van der Waals surface area (Å²) in [5.74, 6) is 0. The summed E-state index contributed by atoms with van der Waals surface area (Å²) in [6.07, 6.45) is 1.80. The van der Waals surface area contributed by atoms with Gasteiger partial charge < -0.3 is 10.5 Å². The minimum atomic E-state index is 0.384. The third-order valence-corrected chi connectivity index (χ3v) is 2.40. The molecule has 0 saturated carbocycles. The van der Waals surface area contributed by atoms with Crippen molar-refractivity contribution in [3.05, 3.63) is 29.6 Å². The minimum absolute atomic E-state index is 0.384. The number of nitrogen functional groups attached to an aromatic ring is 1. The lowest BCUT2D eigenvalue weighted by Gasteiger charge is -2.00. The fourth-order valence-electron chi connectivity index (χ4n) is 0.998. The van der Waals surface area contributed by atoms with Gasteiger partial charge in [-0.1, -0.05) is 11.2 Å². The number of rotatable bonds is 3. The zero-order valence-electron chi connectivity index (χ0n) is 8.17. The number of aromatic nitrogens is 3. The molecule has 2 rings (SSSR count). The third kappa shape index (κ3) is 2.63. The highest BCUT2D eigenvalue weighted by Crippen LogP contribution is 2.19. The highest BCUT2D eigenvalue weighted by atomic mass is 32.1.